The van der Waals surface area contributed by atoms with Gasteiger partial charge in [0.25, 0.3) is 0 Å². The Bertz CT molecular complexity index is 589. The van der Waals surface area contributed by atoms with Crippen LogP contribution in [0.15, 0.2) is 53.8 Å². The third kappa shape index (κ3) is 4.56. The number of amides is 1. The van der Waals surface area contributed by atoms with Crippen LogP contribution in [0.3, 0.4) is 0 Å². The monoisotopic (exact) mass is 315 g/mol. The van der Waals surface area contributed by atoms with E-state index in [1.54, 1.807) is 12.4 Å². The molecule has 2 heterocycles. The van der Waals surface area contributed by atoms with Gasteiger partial charge < -0.3 is 5.32 Å². The van der Waals surface area contributed by atoms with Crippen LogP contribution in [0.2, 0.25) is 0 Å². The molecule has 22 heavy (non-hydrogen) atoms. The summed E-state index contributed by atoms with van der Waals surface area (Å²) in [5, 5.41) is 3.75. The summed E-state index contributed by atoms with van der Waals surface area (Å²) < 4.78 is 0. The van der Waals surface area contributed by atoms with Crippen LogP contribution in [-0.4, -0.2) is 21.1 Å². The molecule has 0 unspecified atom stereocenters. The largest absolute Gasteiger partial charge is 0.347 e. The lowest BCUT2D eigenvalue weighted by atomic mass is 10.00. The maximum absolute atomic E-state index is 12.4. The Morgan fingerprint density at radius 1 is 1.05 bits per heavy atom. The molecule has 1 N–H and O–H groups in total. The Kier molecular flexibility index (Phi) is 5.95. The second kappa shape index (κ2) is 7.94. The Labute approximate surface area is 135 Å². The van der Waals surface area contributed by atoms with Crippen LogP contribution in [0, 0.1) is 5.92 Å². The highest BCUT2D eigenvalue weighted by molar-refractivity contribution is 8.00. The first kappa shape index (κ1) is 16.5. The number of thioether (sulfide) groups is 1. The molecule has 1 amide bonds. The molecular weight excluding hydrogens is 294 g/mol. The van der Waals surface area contributed by atoms with E-state index in [9.17, 15) is 4.79 Å². The van der Waals surface area contributed by atoms with Crippen molar-refractivity contribution in [1.29, 1.82) is 0 Å². The average Bonchev–Trinajstić information content (AvgIpc) is 2.53. The molecule has 0 radical (unpaired) electrons. The molecule has 0 fully saturated rings. The molecule has 0 bridgehead atoms. The van der Waals surface area contributed by atoms with E-state index < -0.39 is 0 Å². The van der Waals surface area contributed by atoms with Gasteiger partial charge in [0.05, 0.1) is 22.0 Å². The van der Waals surface area contributed by atoms with Gasteiger partial charge in [0.1, 0.15) is 0 Å². The molecule has 116 valence electrons. The molecule has 4 nitrogen and oxygen atoms in total. The van der Waals surface area contributed by atoms with Crippen molar-refractivity contribution in [3.05, 3.63) is 54.5 Å². The van der Waals surface area contributed by atoms with E-state index in [0.717, 1.165) is 10.7 Å². The molecule has 0 aliphatic heterocycles. The summed E-state index contributed by atoms with van der Waals surface area (Å²) in [4.78, 5) is 21.1. The number of nitrogens with one attached hydrogen (secondary N) is 1. The number of nitrogens with zero attached hydrogens (tertiary/aromatic N) is 2. The third-order valence-corrected chi connectivity index (χ3v) is 4.33. The SMILES string of the molecule is CC(C)[C@@H](NC(=O)[C@@H](C)Sc1ccccn1)c1ccccn1. The maximum atomic E-state index is 12.4. The molecule has 0 aliphatic rings. The van der Waals surface area contributed by atoms with Crippen LogP contribution in [0.25, 0.3) is 0 Å². The Balaban J connectivity index is 2.02. The van der Waals surface area contributed by atoms with E-state index in [2.05, 4.69) is 29.1 Å². The first-order chi connectivity index (χ1) is 10.6. The Hall–Kier alpha value is -1.88. The van der Waals surface area contributed by atoms with E-state index in [4.69, 9.17) is 0 Å². The molecule has 0 aliphatic carbocycles. The maximum Gasteiger partial charge on any atom is 0.233 e. The lowest BCUT2D eigenvalue weighted by Crippen LogP contribution is -2.37. The zero-order chi connectivity index (χ0) is 15.9. The van der Waals surface area contributed by atoms with Gasteiger partial charge in [-0.25, -0.2) is 4.98 Å². The molecule has 2 rings (SSSR count). The number of carbonyl (C=O) groups excluding carboxylic acids is 1. The summed E-state index contributed by atoms with van der Waals surface area (Å²) >= 11 is 1.46. The van der Waals surface area contributed by atoms with Crippen molar-refractivity contribution >= 4 is 17.7 Å². The second-order valence-corrected chi connectivity index (χ2v) is 6.77. The minimum absolute atomic E-state index is 0.00000567. The van der Waals surface area contributed by atoms with Gasteiger partial charge in [-0.3, -0.25) is 9.78 Å². The van der Waals surface area contributed by atoms with Gasteiger partial charge in [-0.05, 0) is 37.1 Å². The minimum atomic E-state index is -0.208. The zero-order valence-corrected chi connectivity index (χ0v) is 13.9. The fourth-order valence-electron chi connectivity index (χ4n) is 2.06. The van der Waals surface area contributed by atoms with Crippen molar-refractivity contribution in [2.75, 3.05) is 0 Å². The topological polar surface area (TPSA) is 54.9 Å². The molecule has 2 atom stereocenters. The minimum Gasteiger partial charge on any atom is -0.347 e. The van der Waals surface area contributed by atoms with Gasteiger partial charge in [-0.1, -0.05) is 37.7 Å². The zero-order valence-electron chi connectivity index (χ0n) is 13.1. The number of hydrogen-bond acceptors (Lipinski definition) is 4. The fraction of sp³-hybridized carbons (Fsp3) is 0.353. The molecule has 5 heteroatoms. The van der Waals surface area contributed by atoms with Crippen molar-refractivity contribution in [2.45, 2.75) is 37.1 Å². The number of rotatable bonds is 6. The smallest absolute Gasteiger partial charge is 0.233 e. The van der Waals surface area contributed by atoms with Crippen LogP contribution < -0.4 is 5.32 Å². The van der Waals surface area contributed by atoms with E-state index >= 15 is 0 Å². The van der Waals surface area contributed by atoms with Crippen molar-refractivity contribution in [1.82, 2.24) is 15.3 Å². The van der Waals surface area contributed by atoms with Crippen LogP contribution in [0.4, 0.5) is 0 Å². The van der Waals surface area contributed by atoms with Crippen molar-refractivity contribution in [3.8, 4) is 0 Å². The summed E-state index contributed by atoms with van der Waals surface area (Å²) in [6.07, 6.45) is 3.49. The summed E-state index contributed by atoms with van der Waals surface area (Å²) in [6, 6.07) is 11.4. The number of pyridine rings is 2. The van der Waals surface area contributed by atoms with E-state index in [1.807, 2.05) is 43.3 Å². The predicted molar refractivity (Wildman–Crippen MR) is 89.5 cm³/mol. The molecule has 0 saturated carbocycles. The lowest BCUT2D eigenvalue weighted by molar-refractivity contribution is -0.121. The Morgan fingerprint density at radius 3 is 2.27 bits per heavy atom. The van der Waals surface area contributed by atoms with Gasteiger partial charge in [0.15, 0.2) is 0 Å². The van der Waals surface area contributed by atoms with Gasteiger partial charge in [0.2, 0.25) is 5.91 Å². The Morgan fingerprint density at radius 2 is 1.73 bits per heavy atom. The first-order valence-corrected chi connectivity index (χ1v) is 8.25. The van der Waals surface area contributed by atoms with Crippen molar-refractivity contribution in [3.63, 3.8) is 0 Å². The van der Waals surface area contributed by atoms with Gasteiger partial charge in [-0.15, -0.1) is 0 Å². The summed E-state index contributed by atoms with van der Waals surface area (Å²) in [5.41, 5.74) is 0.890. The van der Waals surface area contributed by atoms with Crippen LogP contribution in [-0.2, 0) is 4.79 Å². The van der Waals surface area contributed by atoms with Crippen molar-refractivity contribution in [2.24, 2.45) is 5.92 Å². The van der Waals surface area contributed by atoms with Gasteiger partial charge >= 0.3 is 0 Å². The summed E-state index contributed by atoms with van der Waals surface area (Å²) in [6.45, 7) is 6.05. The third-order valence-electron chi connectivity index (χ3n) is 3.28. The van der Waals surface area contributed by atoms with Crippen LogP contribution >= 0.6 is 11.8 Å². The molecule has 0 aromatic carbocycles. The van der Waals surface area contributed by atoms with Crippen LogP contribution in [0.1, 0.15) is 32.5 Å². The molecule has 2 aromatic heterocycles. The lowest BCUT2D eigenvalue weighted by Gasteiger charge is -2.23. The number of hydrogen-bond donors (Lipinski definition) is 1. The highest BCUT2D eigenvalue weighted by Gasteiger charge is 2.23. The highest BCUT2D eigenvalue weighted by atomic mass is 32.2. The summed E-state index contributed by atoms with van der Waals surface area (Å²) in [7, 11) is 0. The standard InChI is InChI=1S/C17H21N3OS/c1-12(2)16(14-8-4-6-10-18-14)20-17(21)13(3)22-15-9-5-7-11-19-15/h4-13,16H,1-3H3,(H,20,21)/t13-,16-/m1/s1. The normalized spacial score (nSPS) is 13.6. The number of carbonyl (C=O) groups is 1. The van der Waals surface area contributed by atoms with Gasteiger partial charge in [0, 0.05) is 12.4 Å². The fourth-order valence-corrected chi connectivity index (χ4v) is 2.88. The quantitative estimate of drug-likeness (QED) is 0.829. The van der Waals surface area contributed by atoms with E-state index in [0.29, 0.717) is 0 Å². The van der Waals surface area contributed by atoms with E-state index in [-0.39, 0.29) is 23.1 Å². The summed E-state index contributed by atoms with van der Waals surface area (Å²) in [5.74, 6) is 0.269. The molecule has 2 aromatic rings. The highest BCUT2D eigenvalue weighted by Crippen LogP contribution is 2.24. The van der Waals surface area contributed by atoms with Crippen LogP contribution in [0.5, 0.6) is 0 Å². The number of aromatic nitrogens is 2. The first-order valence-electron chi connectivity index (χ1n) is 7.37. The predicted octanol–water partition coefficient (Wildman–Crippen LogP) is 3.47. The van der Waals surface area contributed by atoms with E-state index in [1.165, 1.54) is 11.8 Å². The van der Waals surface area contributed by atoms with Crippen molar-refractivity contribution < 1.29 is 4.79 Å². The molecule has 0 saturated heterocycles. The van der Waals surface area contributed by atoms with Gasteiger partial charge in [-0.2, -0.15) is 0 Å². The average molecular weight is 315 g/mol. The second-order valence-electron chi connectivity index (χ2n) is 5.41. The molecular formula is C17H21N3OS. The molecule has 0 spiro atoms.